The minimum atomic E-state index is -4.12. The third-order valence-corrected chi connectivity index (χ3v) is 7.99. The van der Waals surface area contributed by atoms with Gasteiger partial charge in [-0.25, -0.2) is 25.5 Å². The highest BCUT2D eigenvalue weighted by Crippen LogP contribution is 2.36. The summed E-state index contributed by atoms with van der Waals surface area (Å²) in [6, 6.07) is 7.56. The molecule has 1 aromatic carbocycles. The van der Waals surface area contributed by atoms with Crippen molar-refractivity contribution in [3.05, 3.63) is 58.3 Å². The van der Waals surface area contributed by atoms with Gasteiger partial charge in [0.05, 0.1) is 11.2 Å². The number of piperidine rings is 1. The molecule has 2 bridgehead atoms. The van der Waals surface area contributed by atoms with Gasteiger partial charge in [-0.05, 0) is 42.7 Å². The number of benzene rings is 1. The first-order chi connectivity index (χ1) is 13.5. The number of fused-ring (bicyclic) bond motifs is 4. The van der Waals surface area contributed by atoms with Crippen LogP contribution in [0.2, 0.25) is 0 Å². The second-order valence-corrected chi connectivity index (χ2v) is 11.2. The van der Waals surface area contributed by atoms with E-state index in [4.69, 9.17) is 0 Å². The lowest BCUT2D eigenvalue weighted by molar-refractivity contribution is 0.187. The van der Waals surface area contributed by atoms with Crippen LogP contribution in [0, 0.1) is 11.7 Å². The summed E-state index contributed by atoms with van der Waals surface area (Å²) in [7, 11) is -7.45. The van der Waals surface area contributed by atoms with Crippen molar-refractivity contribution in [2.24, 2.45) is 5.92 Å². The van der Waals surface area contributed by atoms with Crippen LogP contribution in [-0.2, 0) is 26.6 Å². The fraction of sp³-hybridized carbons (Fsp3) is 0.389. The van der Waals surface area contributed by atoms with Crippen LogP contribution in [0.25, 0.3) is 0 Å². The van der Waals surface area contributed by atoms with Crippen molar-refractivity contribution in [3.8, 4) is 0 Å². The lowest BCUT2D eigenvalue weighted by Crippen LogP contribution is -2.49. The van der Waals surface area contributed by atoms with E-state index in [9.17, 15) is 26.0 Å². The average Bonchev–Trinajstić information content (AvgIpc) is 2.63. The van der Waals surface area contributed by atoms with Crippen molar-refractivity contribution in [1.29, 1.82) is 0 Å². The highest BCUT2D eigenvalue weighted by atomic mass is 32.2. The smallest absolute Gasteiger partial charge is 0.275 e. The van der Waals surface area contributed by atoms with Gasteiger partial charge in [-0.2, -0.15) is 0 Å². The Balaban J connectivity index is 1.67. The number of sulfonamides is 2. The van der Waals surface area contributed by atoms with E-state index in [2.05, 4.69) is 4.72 Å². The summed E-state index contributed by atoms with van der Waals surface area (Å²) in [5.41, 5.74) is 0.0660. The van der Waals surface area contributed by atoms with E-state index < -0.39 is 31.4 Å². The molecule has 1 saturated heterocycles. The maximum Gasteiger partial charge on any atom is 0.275 e. The van der Waals surface area contributed by atoms with Gasteiger partial charge in [-0.3, -0.25) is 9.52 Å². The first kappa shape index (κ1) is 20.0. The number of hydrogen-bond acceptors (Lipinski definition) is 5. The Bertz CT molecular complexity index is 1240. The van der Waals surface area contributed by atoms with Gasteiger partial charge in [0.1, 0.15) is 11.5 Å². The van der Waals surface area contributed by atoms with Gasteiger partial charge < -0.3 is 4.57 Å². The van der Waals surface area contributed by atoms with Crippen LogP contribution in [0.15, 0.2) is 46.1 Å². The van der Waals surface area contributed by atoms with Crippen molar-refractivity contribution in [2.45, 2.75) is 23.8 Å². The van der Waals surface area contributed by atoms with Crippen molar-refractivity contribution in [2.75, 3.05) is 24.1 Å². The largest absolute Gasteiger partial charge is 0.310 e. The number of rotatable bonds is 4. The first-order valence-electron chi connectivity index (χ1n) is 9.02. The predicted octanol–water partition coefficient (Wildman–Crippen LogP) is 1.17. The molecule has 0 saturated carbocycles. The summed E-state index contributed by atoms with van der Waals surface area (Å²) in [4.78, 5) is 12.7. The summed E-state index contributed by atoms with van der Waals surface area (Å²) in [5, 5.41) is 0. The van der Waals surface area contributed by atoms with Gasteiger partial charge in [0.15, 0.2) is 0 Å². The van der Waals surface area contributed by atoms with Crippen LogP contribution >= 0.6 is 0 Å². The highest BCUT2D eigenvalue weighted by Gasteiger charge is 2.38. The molecule has 3 heterocycles. The molecular formula is C18H20FN3O5S2. The molecule has 0 unspecified atom stereocenters. The Hall–Kier alpha value is -2.24. The molecule has 0 amide bonds. The highest BCUT2D eigenvalue weighted by molar-refractivity contribution is 7.92. The number of nitrogens with one attached hydrogen (secondary N) is 1. The van der Waals surface area contributed by atoms with Gasteiger partial charge in [0.25, 0.3) is 15.6 Å². The van der Waals surface area contributed by atoms with E-state index >= 15 is 0 Å². The molecule has 0 spiro atoms. The standard InChI is InChI=1S/C18H20FN3O5S2/c1-28(24,25)21-9-12-7-13(11-21)17-6-5-16(18(23)22(17)10-12)20-29(26,27)15-4-2-3-14(19)8-15/h2-6,8,12-13,20H,7,9-11H2,1H3/t12-,13-/m1/s1. The zero-order valence-corrected chi connectivity index (χ0v) is 17.2. The molecule has 29 heavy (non-hydrogen) atoms. The first-order valence-corrected chi connectivity index (χ1v) is 12.3. The van der Waals surface area contributed by atoms with Crippen molar-refractivity contribution in [3.63, 3.8) is 0 Å². The van der Waals surface area contributed by atoms with Gasteiger partial charge in [-0.1, -0.05) is 6.07 Å². The minimum Gasteiger partial charge on any atom is -0.310 e. The molecule has 1 N–H and O–H groups in total. The number of nitrogens with zero attached hydrogens (tertiary/aromatic N) is 2. The second-order valence-electron chi connectivity index (χ2n) is 7.53. The summed E-state index contributed by atoms with van der Waals surface area (Å²) in [6.07, 6.45) is 1.95. The topological polar surface area (TPSA) is 106 Å². The van der Waals surface area contributed by atoms with Crippen LogP contribution in [-0.4, -0.2) is 45.1 Å². The third-order valence-electron chi connectivity index (χ3n) is 5.39. The van der Waals surface area contributed by atoms with Gasteiger partial charge in [0, 0.05) is 31.2 Å². The number of anilines is 1. The molecule has 4 rings (SSSR count). The van der Waals surface area contributed by atoms with Crippen LogP contribution in [0.4, 0.5) is 10.1 Å². The molecule has 8 nitrogen and oxygen atoms in total. The molecule has 1 fully saturated rings. The Morgan fingerprint density at radius 1 is 1.07 bits per heavy atom. The van der Waals surface area contributed by atoms with Gasteiger partial charge in [0.2, 0.25) is 10.0 Å². The molecule has 2 aliphatic heterocycles. The minimum absolute atomic E-state index is 0.0243. The van der Waals surface area contributed by atoms with E-state index in [0.29, 0.717) is 25.3 Å². The summed E-state index contributed by atoms with van der Waals surface area (Å²) in [6.45, 7) is 0.940. The fourth-order valence-corrected chi connectivity index (χ4v) is 6.11. The lowest BCUT2D eigenvalue weighted by atomic mass is 9.84. The van der Waals surface area contributed by atoms with Crippen LogP contribution in [0.1, 0.15) is 18.0 Å². The maximum absolute atomic E-state index is 13.4. The number of aromatic nitrogens is 1. The van der Waals surface area contributed by atoms with E-state index in [1.54, 1.807) is 6.07 Å². The molecular weight excluding hydrogens is 421 g/mol. The van der Waals surface area contributed by atoms with Gasteiger partial charge in [-0.15, -0.1) is 0 Å². The van der Waals surface area contributed by atoms with Gasteiger partial charge >= 0.3 is 0 Å². The molecule has 2 atom stereocenters. The zero-order valence-electron chi connectivity index (χ0n) is 15.6. The van der Waals surface area contributed by atoms with E-state index in [-0.39, 0.29) is 22.4 Å². The molecule has 2 aliphatic rings. The molecule has 11 heteroatoms. The van der Waals surface area contributed by atoms with E-state index in [0.717, 1.165) is 18.6 Å². The van der Waals surface area contributed by atoms with Crippen molar-refractivity contribution in [1.82, 2.24) is 8.87 Å². The number of halogens is 1. The number of pyridine rings is 1. The normalized spacial score (nSPS) is 22.1. The number of hydrogen-bond donors (Lipinski definition) is 1. The molecule has 2 aromatic rings. The predicted molar refractivity (Wildman–Crippen MR) is 105 cm³/mol. The summed E-state index contributed by atoms with van der Waals surface area (Å²) < 4.78 is 67.5. The Labute approximate surface area is 168 Å². The lowest BCUT2D eigenvalue weighted by Gasteiger charge is -2.41. The third kappa shape index (κ3) is 3.81. The van der Waals surface area contributed by atoms with Crippen LogP contribution in [0.5, 0.6) is 0 Å². The summed E-state index contributed by atoms with van der Waals surface area (Å²) in [5.74, 6) is -0.846. The van der Waals surface area contributed by atoms with Crippen LogP contribution < -0.4 is 10.3 Å². The molecule has 0 aliphatic carbocycles. The van der Waals surface area contributed by atoms with Crippen molar-refractivity contribution >= 4 is 25.7 Å². The Morgan fingerprint density at radius 3 is 2.52 bits per heavy atom. The quantitative estimate of drug-likeness (QED) is 0.767. The van der Waals surface area contributed by atoms with E-state index in [1.165, 1.54) is 33.3 Å². The second kappa shape index (κ2) is 6.92. The fourth-order valence-electron chi connectivity index (χ4n) is 4.09. The molecule has 1 aromatic heterocycles. The summed E-state index contributed by atoms with van der Waals surface area (Å²) >= 11 is 0. The zero-order chi connectivity index (χ0) is 21.0. The van der Waals surface area contributed by atoms with E-state index in [1.807, 2.05) is 0 Å². The average molecular weight is 442 g/mol. The Morgan fingerprint density at radius 2 is 1.83 bits per heavy atom. The monoisotopic (exact) mass is 441 g/mol. The molecule has 0 radical (unpaired) electrons. The Kier molecular flexibility index (Phi) is 4.79. The van der Waals surface area contributed by atoms with Crippen LogP contribution in [0.3, 0.4) is 0 Å². The van der Waals surface area contributed by atoms with Crippen molar-refractivity contribution < 1.29 is 21.2 Å². The maximum atomic E-state index is 13.4. The molecule has 156 valence electrons. The SMILES string of the molecule is CS(=O)(=O)N1C[C@H]2C[C@H](C1)c1ccc(NS(=O)(=O)c3cccc(F)c3)c(=O)n1C2.